The highest BCUT2D eigenvalue weighted by Gasteiger charge is 2.41. The SMILES string of the molecule is O=[N+]([O-])c1nn(C2CCC3(CC2)OCCO3)cc1Br. The van der Waals surface area contributed by atoms with E-state index in [-0.39, 0.29) is 11.9 Å². The average Bonchev–Trinajstić information content (AvgIpc) is 2.98. The predicted octanol–water partition coefficient (Wildman–Crippen LogP) is 2.41. The zero-order valence-electron chi connectivity index (χ0n) is 10.2. The highest BCUT2D eigenvalue weighted by molar-refractivity contribution is 9.10. The van der Waals surface area contributed by atoms with Gasteiger partial charge in [0.25, 0.3) is 0 Å². The summed E-state index contributed by atoms with van der Waals surface area (Å²) in [7, 11) is 0. The minimum atomic E-state index is -0.478. The molecule has 104 valence electrons. The Morgan fingerprint density at radius 3 is 2.58 bits per heavy atom. The van der Waals surface area contributed by atoms with Crippen molar-refractivity contribution in [3.05, 3.63) is 20.8 Å². The number of rotatable bonds is 2. The first kappa shape index (κ1) is 13.0. The predicted molar refractivity (Wildman–Crippen MR) is 68.7 cm³/mol. The first-order valence-corrected chi connectivity index (χ1v) is 7.06. The van der Waals surface area contributed by atoms with Gasteiger partial charge in [0.2, 0.25) is 0 Å². The number of hydrogen-bond acceptors (Lipinski definition) is 5. The van der Waals surface area contributed by atoms with Crippen LogP contribution in [0.15, 0.2) is 10.7 Å². The molecule has 8 heteroatoms. The van der Waals surface area contributed by atoms with Crippen molar-refractivity contribution in [1.82, 2.24) is 9.78 Å². The second kappa shape index (κ2) is 4.84. The molecular weight excluding hydrogens is 318 g/mol. The number of hydrogen-bond donors (Lipinski definition) is 0. The molecule has 1 saturated carbocycles. The minimum absolute atomic E-state index is 0.131. The Morgan fingerprint density at radius 2 is 2.05 bits per heavy atom. The lowest BCUT2D eigenvalue weighted by Crippen LogP contribution is -2.35. The summed E-state index contributed by atoms with van der Waals surface area (Å²) in [5.41, 5.74) is 0. The van der Waals surface area contributed by atoms with Crippen LogP contribution >= 0.6 is 15.9 Å². The van der Waals surface area contributed by atoms with Crippen molar-refractivity contribution in [2.24, 2.45) is 0 Å². The summed E-state index contributed by atoms with van der Waals surface area (Å²) >= 11 is 3.17. The Hall–Kier alpha value is -0.990. The highest BCUT2D eigenvalue weighted by atomic mass is 79.9. The first-order chi connectivity index (χ1) is 9.10. The molecule has 0 bridgehead atoms. The maximum absolute atomic E-state index is 10.8. The summed E-state index contributed by atoms with van der Waals surface area (Å²) in [5.74, 6) is -0.541. The molecule has 0 radical (unpaired) electrons. The molecule has 1 aliphatic carbocycles. The summed E-state index contributed by atoms with van der Waals surface area (Å²) in [6.07, 6.45) is 5.00. The van der Waals surface area contributed by atoms with Gasteiger partial charge in [-0.25, -0.2) is 0 Å². The molecule has 1 spiro atoms. The van der Waals surface area contributed by atoms with Crippen LogP contribution in [-0.4, -0.2) is 33.7 Å². The van der Waals surface area contributed by atoms with Gasteiger partial charge < -0.3 is 19.6 Å². The van der Waals surface area contributed by atoms with Gasteiger partial charge in [0.1, 0.15) is 4.47 Å². The van der Waals surface area contributed by atoms with E-state index < -0.39 is 10.7 Å². The molecule has 1 aromatic heterocycles. The number of halogens is 1. The second-order valence-corrected chi connectivity index (χ2v) is 5.73. The standard InChI is InChI=1S/C11H14BrN3O4/c12-9-7-14(13-10(9)15(16)17)8-1-3-11(4-2-8)18-5-6-19-11/h7-8H,1-6H2. The molecule has 2 aliphatic rings. The molecule has 7 nitrogen and oxygen atoms in total. The lowest BCUT2D eigenvalue weighted by atomic mass is 9.90. The van der Waals surface area contributed by atoms with Crippen LogP contribution in [0.2, 0.25) is 0 Å². The van der Waals surface area contributed by atoms with Crippen molar-refractivity contribution in [2.75, 3.05) is 13.2 Å². The Labute approximate surface area is 118 Å². The molecule has 0 atom stereocenters. The Bertz CT molecular complexity index is 488. The van der Waals surface area contributed by atoms with Gasteiger partial charge in [-0.2, -0.15) is 4.68 Å². The number of ether oxygens (including phenoxy) is 2. The largest absolute Gasteiger partial charge is 0.404 e. The van der Waals surface area contributed by atoms with Crippen molar-refractivity contribution in [2.45, 2.75) is 37.5 Å². The van der Waals surface area contributed by atoms with Crippen LogP contribution in [0.3, 0.4) is 0 Å². The maximum Gasteiger partial charge on any atom is 0.404 e. The Kier molecular flexibility index (Phi) is 3.32. The van der Waals surface area contributed by atoms with Crippen LogP contribution in [-0.2, 0) is 9.47 Å². The zero-order chi connectivity index (χ0) is 13.5. The van der Waals surface area contributed by atoms with Gasteiger partial charge >= 0.3 is 5.82 Å². The van der Waals surface area contributed by atoms with Gasteiger partial charge in [-0.05, 0) is 33.7 Å². The van der Waals surface area contributed by atoms with E-state index in [1.165, 1.54) is 0 Å². The van der Waals surface area contributed by atoms with Crippen LogP contribution in [0.25, 0.3) is 0 Å². The number of nitrogens with zero attached hydrogens (tertiary/aromatic N) is 3. The normalized spacial score (nSPS) is 23.0. The lowest BCUT2D eigenvalue weighted by Gasteiger charge is -2.34. The van der Waals surface area contributed by atoms with Crippen LogP contribution in [0, 0.1) is 10.1 Å². The molecule has 2 heterocycles. The van der Waals surface area contributed by atoms with Gasteiger partial charge in [0, 0.05) is 12.8 Å². The molecule has 2 fully saturated rings. The third kappa shape index (κ3) is 2.39. The van der Waals surface area contributed by atoms with Gasteiger partial charge in [0.15, 0.2) is 5.79 Å². The zero-order valence-corrected chi connectivity index (χ0v) is 11.8. The molecule has 1 aromatic rings. The fourth-order valence-corrected chi connectivity index (χ4v) is 3.20. The molecule has 3 rings (SSSR count). The van der Waals surface area contributed by atoms with Crippen LogP contribution in [0.1, 0.15) is 31.7 Å². The van der Waals surface area contributed by atoms with Crippen LogP contribution in [0.4, 0.5) is 5.82 Å². The minimum Gasteiger partial charge on any atom is -0.358 e. The van der Waals surface area contributed by atoms with Crippen molar-refractivity contribution in [3.8, 4) is 0 Å². The summed E-state index contributed by atoms with van der Waals surface area (Å²) in [5, 5.41) is 14.8. The van der Waals surface area contributed by atoms with E-state index in [0.29, 0.717) is 17.7 Å². The Morgan fingerprint density at radius 1 is 1.42 bits per heavy atom. The van der Waals surface area contributed by atoms with Crippen molar-refractivity contribution in [3.63, 3.8) is 0 Å². The highest BCUT2D eigenvalue weighted by Crippen LogP contribution is 2.40. The molecule has 1 aliphatic heterocycles. The topological polar surface area (TPSA) is 79.4 Å². The summed E-state index contributed by atoms with van der Waals surface area (Å²) in [4.78, 5) is 10.3. The van der Waals surface area contributed by atoms with Gasteiger partial charge in [-0.3, -0.25) is 0 Å². The van der Waals surface area contributed by atoms with E-state index in [1.54, 1.807) is 10.9 Å². The van der Waals surface area contributed by atoms with Crippen molar-refractivity contribution < 1.29 is 14.4 Å². The molecular formula is C11H14BrN3O4. The van der Waals surface area contributed by atoms with E-state index in [0.717, 1.165) is 25.7 Å². The van der Waals surface area contributed by atoms with Gasteiger partial charge in [0.05, 0.1) is 30.6 Å². The summed E-state index contributed by atoms with van der Waals surface area (Å²) in [6, 6.07) is 0.170. The van der Waals surface area contributed by atoms with E-state index in [9.17, 15) is 10.1 Å². The summed E-state index contributed by atoms with van der Waals surface area (Å²) in [6.45, 7) is 1.31. The third-order valence-electron chi connectivity index (χ3n) is 3.75. The number of aromatic nitrogens is 2. The van der Waals surface area contributed by atoms with E-state index in [4.69, 9.17) is 9.47 Å². The molecule has 0 amide bonds. The molecule has 0 N–H and O–H groups in total. The quantitative estimate of drug-likeness (QED) is 0.614. The van der Waals surface area contributed by atoms with Crippen molar-refractivity contribution in [1.29, 1.82) is 0 Å². The third-order valence-corrected chi connectivity index (χ3v) is 4.31. The maximum atomic E-state index is 10.8. The fraction of sp³-hybridized carbons (Fsp3) is 0.727. The molecule has 0 aromatic carbocycles. The van der Waals surface area contributed by atoms with Crippen molar-refractivity contribution >= 4 is 21.7 Å². The monoisotopic (exact) mass is 331 g/mol. The van der Waals surface area contributed by atoms with E-state index in [2.05, 4.69) is 21.0 Å². The molecule has 1 saturated heterocycles. The Balaban J connectivity index is 1.71. The molecule has 0 unspecified atom stereocenters. The first-order valence-electron chi connectivity index (χ1n) is 6.27. The van der Waals surface area contributed by atoms with Gasteiger partial charge in [-0.15, -0.1) is 0 Å². The smallest absolute Gasteiger partial charge is 0.358 e. The van der Waals surface area contributed by atoms with Crippen LogP contribution < -0.4 is 0 Å². The van der Waals surface area contributed by atoms with Crippen LogP contribution in [0.5, 0.6) is 0 Å². The summed E-state index contributed by atoms with van der Waals surface area (Å²) < 4.78 is 13.4. The van der Waals surface area contributed by atoms with E-state index in [1.807, 2.05) is 0 Å². The second-order valence-electron chi connectivity index (χ2n) is 4.88. The number of nitro groups is 1. The lowest BCUT2D eigenvalue weighted by molar-refractivity contribution is -0.390. The molecule has 19 heavy (non-hydrogen) atoms. The average molecular weight is 332 g/mol. The van der Waals surface area contributed by atoms with E-state index >= 15 is 0 Å². The fourth-order valence-electron chi connectivity index (χ4n) is 2.76. The van der Waals surface area contributed by atoms with Gasteiger partial charge in [-0.1, -0.05) is 0 Å².